The van der Waals surface area contributed by atoms with Crippen LogP contribution in [0.25, 0.3) is 0 Å². The van der Waals surface area contributed by atoms with Crippen LogP contribution in [0.1, 0.15) is 89.9 Å². The molecule has 0 radical (unpaired) electrons. The van der Waals surface area contributed by atoms with Crippen molar-refractivity contribution in [2.45, 2.75) is 126 Å². The van der Waals surface area contributed by atoms with Crippen LogP contribution < -0.4 is 10.8 Å². The molecule has 13 heteroatoms. The van der Waals surface area contributed by atoms with Gasteiger partial charge in [0.2, 0.25) is 11.9 Å². The summed E-state index contributed by atoms with van der Waals surface area (Å²) in [6.45, 7) is 0.262. The molecular weight excluding hydrogens is 538 g/mol. The predicted molar refractivity (Wildman–Crippen MR) is 144 cm³/mol. The summed E-state index contributed by atoms with van der Waals surface area (Å²) in [5.74, 6) is -4.75. The summed E-state index contributed by atoms with van der Waals surface area (Å²) in [6.07, 6.45) is 8.01. The van der Waals surface area contributed by atoms with E-state index in [2.05, 4.69) is 10.8 Å². The number of amides is 1. The van der Waals surface area contributed by atoms with E-state index in [-0.39, 0.29) is 62.0 Å². The van der Waals surface area contributed by atoms with Crippen molar-refractivity contribution in [2.75, 3.05) is 6.61 Å². The van der Waals surface area contributed by atoms with E-state index in [9.17, 15) is 39.8 Å². The van der Waals surface area contributed by atoms with Crippen LogP contribution in [0, 0.1) is 33.8 Å². The van der Waals surface area contributed by atoms with E-state index >= 15 is 0 Å². The lowest BCUT2D eigenvalue weighted by Crippen LogP contribution is -2.48. The van der Waals surface area contributed by atoms with Crippen molar-refractivity contribution in [1.29, 1.82) is 0 Å². The molecule has 13 nitrogen and oxygen atoms in total. The van der Waals surface area contributed by atoms with Gasteiger partial charge < -0.3 is 30.2 Å². The highest BCUT2D eigenvalue weighted by Crippen LogP contribution is 2.34. The number of rotatable bonds is 11. The molecule has 0 aromatic carbocycles. The summed E-state index contributed by atoms with van der Waals surface area (Å²) in [5, 5.41) is 43.1. The van der Waals surface area contributed by atoms with Crippen LogP contribution >= 0.6 is 0 Å². The van der Waals surface area contributed by atoms with E-state index in [4.69, 9.17) is 9.57 Å². The van der Waals surface area contributed by atoms with Crippen molar-refractivity contribution in [3.05, 3.63) is 10.1 Å². The largest absolute Gasteiger partial charge is 0.481 e. The van der Waals surface area contributed by atoms with Gasteiger partial charge in [-0.3, -0.25) is 24.5 Å². The second-order valence-electron chi connectivity index (χ2n) is 12.5. The number of aliphatic hydroxyl groups excluding tert-OH is 1. The van der Waals surface area contributed by atoms with Gasteiger partial charge in [0, 0.05) is 29.8 Å². The second kappa shape index (κ2) is 14.7. The summed E-state index contributed by atoms with van der Waals surface area (Å²) in [5.41, 5.74) is 3.09. The second-order valence-corrected chi connectivity index (χ2v) is 12.5. The lowest BCUT2D eigenvalue weighted by atomic mass is 9.76. The minimum Gasteiger partial charge on any atom is -0.481 e. The fourth-order valence-electron chi connectivity index (χ4n) is 7.19. The van der Waals surface area contributed by atoms with Crippen molar-refractivity contribution < 1.29 is 44.2 Å². The third-order valence-corrected chi connectivity index (χ3v) is 9.67. The molecule has 4 fully saturated rings. The number of nitrogens with one attached hydrogen (secondary N) is 2. The zero-order valence-electron chi connectivity index (χ0n) is 23.5. The zero-order chi connectivity index (χ0) is 29.5. The van der Waals surface area contributed by atoms with Gasteiger partial charge in [-0.1, -0.05) is 0 Å². The molecule has 0 heterocycles. The molecule has 0 aromatic rings. The third-order valence-electron chi connectivity index (χ3n) is 9.67. The maximum absolute atomic E-state index is 12.9. The van der Waals surface area contributed by atoms with Gasteiger partial charge >= 0.3 is 11.9 Å². The van der Waals surface area contributed by atoms with Gasteiger partial charge in [0.1, 0.15) is 0 Å². The smallest absolute Gasteiger partial charge is 0.307 e. The molecular formula is C28H45N3O10. The van der Waals surface area contributed by atoms with Crippen LogP contribution in [0.5, 0.6) is 0 Å². The Morgan fingerprint density at radius 3 is 1.93 bits per heavy atom. The molecule has 0 spiro atoms. The zero-order valence-corrected chi connectivity index (χ0v) is 23.5. The van der Waals surface area contributed by atoms with Crippen LogP contribution in [0.3, 0.4) is 0 Å². The van der Waals surface area contributed by atoms with Crippen LogP contribution in [0.15, 0.2) is 0 Å². The molecule has 0 bridgehead atoms. The number of nitrogens with zero attached hydrogens (tertiary/aromatic N) is 1. The number of carbonyl (C=O) groups excluding carboxylic acids is 1. The number of nitro groups is 1. The Kier molecular flexibility index (Phi) is 11.3. The summed E-state index contributed by atoms with van der Waals surface area (Å²) in [4.78, 5) is 52.6. The van der Waals surface area contributed by atoms with Crippen molar-refractivity contribution in [3.8, 4) is 0 Å². The van der Waals surface area contributed by atoms with E-state index in [1.54, 1.807) is 0 Å². The maximum atomic E-state index is 12.9. The van der Waals surface area contributed by atoms with Gasteiger partial charge in [-0.05, 0) is 83.0 Å². The first kappa shape index (κ1) is 31.6. The minimum atomic E-state index is -1.07. The number of ether oxygens (including phenoxy) is 1. The van der Waals surface area contributed by atoms with Crippen molar-refractivity contribution in [3.63, 3.8) is 0 Å². The van der Waals surface area contributed by atoms with Gasteiger partial charge in [0.15, 0.2) is 0 Å². The molecule has 4 aliphatic rings. The average molecular weight is 584 g/mol. The molecule has 0 aliphatic heterocycles. The van der Waals surface area contributed by atoms with Crippen molar-refractivity contribution in [1.82, 2.24) is 10.8 Å². The lowest BCUT2D eigenvalue weighted by Gasteiger charge is -2.36. The SMILES string of the molecule is O=C(O)C1CCC(O)CC1CONC1CCC(OC2CCC(NC(=O)C3CC([N+](=O)[O-])CCC3C(=O)O)CC2)CC1. The summed E-state index contributed by atoms with van der Waals surface area (Å²) in [7, 11) is 0. The highest BCUT2D eigenvalue weighted by atomic mass is 16.6. The van der Waals surface area contributed by atoms with Crippen LogP contribution in [0.4, 0.5) is 0 Å². The fraction of sp³-hybridized carbons (Fsp3) is 0.893. The average Bonchev–Trinajstić information content (AvgIpc) is 2.94. The molecule has 0 saturated heterocycles. The first-order valence-corrected chi connectivity index (χ1v) is 15.2. The van der Waals surface area contributed by atoms with E-state index in [0.717, 1.165) is 51.4 Å². The highest BCUT2D eigenvalue weighted by molar-refractivity contribution is 5.85. The molecule has 232 valence electrons. The van der Waals surface area contributed by atoms with Gasteiger partial charge in [-0.25, -0.2) is 0 Å². The molecule has 5 N–H and O–H groups in total. The number of carboxylic acids is 2. The summed E-state index contributed by atoms with van der Waals surface area (Å²) < 4.78 is 6.36. The highest BCUT2D eigenvalue weighted by Gasteiger charge is 2.44. The number of carboxylic acid groups (broad SMARTS) is 2. The first-order chi connectivity index (χ1) is 19.6. The Balaban J connectivity index is 1.12. The van der Waals surface area contributed by atoms with Gasteiger partial charge in [0.25, 0.3) is 0 Å². The minimum absolute atomic E-state index is 0.0383. The molecule has 0 aromatic heterocycles. The Labute approximate surface area is 239 Å². The topological polar surface area (TPSA) is 198 Å². The fourth-order valence-corrected chi connectivity index (χ4v) is 7.19. The van der Waals surface area contributed by atoms with E-state index < -0.39 is 46.8 Å². The van der Waals surface area contributed by atoms with E-state index in [0.29, 0.717) is 19.3 Å². The van der Waals surface area contributed by atoms with Crippen LogP contribution in [0.2, 0.25) is 0 Å². The first-order valence-electron chi connectivity index (χ1n) is 15.2. The Morgan fingerprint density at radius 1 is 0.756 bits per heavy atom. The molecule has 1 amide bonds. The Hall–Kier alpha value is -2.35. The Bertz CT molecular complexity index is 919. The predicted octanol–water partition coefficient (Wildman–Crippen LogP) is 2.27. The molecule has 4 saturated carbocycles. The summed E-state index contributed by atoms with van der Waals surface area (Å²) >= 11 is 0. The molecule has 41 heavy (non-hydrogen) atoms. The standard InChI is InChI=1S/C28H45N3O10/c32-20-6-12-23(27(34)35)16(13-20)15-40-30-18-3-9-22(10-4-18)41-21-7-1-17(2-8-21)29-26(33)25-14-19(31(38)39)5-11-24(25)28(36)37/h16-25,30,32H,1-15H2,(H,29,33)(H,34,35)(H,36,37). The van der Waals surface area contributed by atoms with Gasteiger partial charge in [-0.15, -0.1) is 0 Å². The monoisotopic (exact) mass is 583 g/mol. The maximum Gasteiger partial charge on any atom is 0.307 e. The number of hydroxylamine groups is 1. The number of aliphatic carboxylic acids is 2. The number of aliphatic hydroxyl groups is 1. The number of carbonyl (C=O) groups is 3. The number of hydrogen-bond donors (Lipinski definition) is 5. The van der Waals surface area contributed by atoms with Gasteiger partial charge in [0.05, 0.1) is 42.7 Å². The van der Waals surface area contributed by atoms with Crippen LogP contribution in [-0.2, 0) is 24.0 Å². The normalized spacial score (nSPS) is 38.1. The van der Waals surface area contributed by atoms with Crippen LogP contribution in [-0.4, -0.2) is 81.1 Å². The van der Waals surface area contributed by atoms with Crippen molar-refractivity contribution in [2.24, 2.45) is 23.7 Å². The molecule has 4 aliphatic carbocycles. The van der Waals surface area contributed by atoms with Gasteiger partial charge in [-0.2, -0.15) is 5.48 Å². The molecule has 6 unspecified atom stereocenters. The summed E-state index contributed by atoms with van der Waals surface area (Å²) in [6, 6.07) is -0.796. The van der Waals surface area contributed by atoms with E-state index in [1.807, 2.05) is 0 Å². The molecule has 6 atom stereocenters. The molecule has 4 rings (SSSR count). The van der Waals surface area contributed by atoms with Crippen molar-refractivity contribution >= 4 is 17.8 Å². The third kappa shape index (κ3) is 8.82. The van der Waals surface area contributed by atoms with E-state index in [1.165, 1.54) is 0 Å². The quantitative estimate of drug-likeness (QED) is 0.177. The lowest BCUT2D eigenvalue weighted by molar-refractivity contribution is -0.528. The number of hydrogen-bond acceptors (Lipinski definition) is 9. The Morgan fingerprint density at radius 2 is 1.34 bits per heavy atom.